The van der Waals surface area contributed by atoms with Gasteiger partial charge < -0.3 is 39.9 Å². The number of hydrogen-bond acceptors (Lipinski definition) is 8. The number of rotatable bonds is 11. The van der Waals surface area contributed by atoms with E-state index in [0.29, 0.717) is 42.8 Å². The van der Waals surface area contributed by atoms with Crippen LogP contribution in [0.5, 0.6) is 0 Å². The molecule has 2 aliphatic heterocycles. The van der Waals surface area contributed by atoms with Crippen molar-refractivity contribution in [1.29, 1.82) is 0 Å². The number of nitrogens with zero attached hydrogens (tertiary/aromatic N) is 4. The van der Waals surface area contributed by atoms with Gasteiger partial charge in [0.15, 0.2) is 5.69 Å². The third-order valence-electron chi connectivity index (χ3n) is 11.6. The van der Waals surface area contributed by atoms with Crippen LogP contribution in [0.3, 0.4) is 0 Å². The van der Waals surface area contributed by atoms with Gasteiger partial charge in [-0.2, -0.15) is 13.2 Å². The smallest absolute Gasteiger partial charge is 0.435 e. The van der Waals surface area contributed by atoms with Crippen LogP contribution in [0.2, 0.25) is 0 Å². The van der Waals surface area contributed by atoms with E-state index in [0.717, 1.165) is 28.8 Å². The minimum atomic E-state index is -4.80. The molecule has 0 aliphatic carbocycles. The van der Waals surface area contributed by atoms with Gasteiger partial charge in [-0.3, -0.25) is 9.59 Å². The highest BCUT2D eigenvalue weighted by Gasteiger charge is 2.42. The number of ether oxygens (including phenoxy) is 2. The van der Waals surface area contributed by atoms with Crippen LogP contribution in [0.15, 0.2) is 115 Å². The average Bonchev–Trinajstić information content (AvgIpc) is 4.17. The van der Waals surface area contributed by atoms with Crippen LogP contribution in [0, 0.1) is 0 Å². The number of hydrogen-bond donors (Lipinski definition) is 4. The Hall–Kier alpha value is -7.43. The summed E-state index contributed by atoms with van der Waals surface area (Å²) >= 11 is 0. The van der Waals surface area contributed by atoms with Gasteiger partial charge in [0.2, 0.25) is 0 Å². The molecule has 2 aliphatic rings. The van der Waals surface area contributed by atoms with E-state index in [1.807, 2.05) is 30.3 Å². The molecule has 4 heterocycles. The molecule has 2 saturated heterocycles. The van der Waals surface area contributed by atoms with E-state index >= 15 is 0 Å². The molecule has 1 unspecified atom stereocenters. The molecular formula is C47H45F3N8O6. The van der Waals surface area contributed by atoms with Gasteiger partial charge in [-0.25, -0.2) is 19.6 Å². The first-order valence-electron chi connectivity index (χ1n) is 20.8. The molecule has 2 fully saturated rings. The average molecular weight is 875 g/mol. The molecule has 0 saturated carbocycles. The van der Waals surface area contributed by atoms with Crippen molar-refractivity contribution in [1.82, 2.24) is 40.4 Å². The van der Waals surface area contributed by atoms with Gasteiger partial charge in [0, 0.05) is 18.7 Å². The summed E-state index contributed by atoms with van der Waals surface area (Å²) in [4.78, 5) is 70.5. The summed E-state index contributed by atoms with van der Waals surface area (Å²) in [5.74, 6) is -0.153. The standard InChI is InChI=1S/C47H45F3N8O6/c1-63-45(61)54-38(31-11-5-3-6-12-31)43(59)57-25-9-15-35(57)41-51-27-34(52-41)30-21-17-28(18-22-30)29-19-23-33(24-20-29)37-40(47(48,49)50)56-42(53-37)36-16-10-26-58(36)44(60)39(55-46(62)64-2)32-13-7-4-8-14-32/h3-8,11-14,17-24,27,35-36,38-39H,9-10,15-16,25-26H2,1-2H3,(H,51,52)(H,53,56)(H,54,61)(H,55,62)/t35-,36?,38+,39+/m0/s1. The number of nitrogens with one attached hydrogen (secondary N) is 4. The van der Waals surface area contributed by atoms with Gasteiger partial charge in [0.1, 0.15) is 23.7 Å². The highest BCUT2D eigenvalue weighted by atomic mass is 19.4. The van der Waals surface area contributed by atoms with E-state index in [9.17, 15) is 32.3 Å². The topological polar surface area (TPSA) is 175 Å². The lowest BCUT2D eigenvalue weighted by Gasteiger charge is -2.28. The van der Waals surface area contributed by atoms with E-state index in [4.69, 9.17) is 9.47 Å². The van der Waals surface area contributed by atoms with Crippen LogP contribution in [-0.2, 0) is 25.2 Å². The fourth-order valence-corrected chi connectivity index (χ4v) is 8.47. The summed E-state index contributed by atoms with van der Waals surface area (Å²) < 4.78 is 53.3. The van der Waals surface area contributed by atoms with Gasteiger partial charge in [-0.1, -0.05) is 109 Å². The Kier molecular flexibility index (Phi) is 12.5. The number of benzene rings is 4. The second-order valence-corrected chi connectivity index (χ2v) is 15.5. The molecule has 14 nitrogen and oxygen atoms in total. The van der Waals surface area contributed by atoms with E-state index in [-0.39, 0.29) is 35.6 Å². The number of methoxy groups -OCH3 is 2. The maximum Gasteiger partial charge on any atom is 0.435 e. The molecule has 0 bridgehead atoms. The highest BCUT2D eigenvalue weighted by Crippen LogP contribution is 2.41. The van der Waals surface area contributed by atoms with Crippen molar-refractivity contribution < 1.29 is 41.8 Å². The molecule has 64 heavy (non-hydrogen) atoms. The van der Waals surface area contributed by atoms with Crippen molar-refractivity contribution in [2.24, 2.45) is 0 Å². The van der Waals surface area contributed by atoms with Crippen LogP contribution in [0.1, 0.15) is 78.3 Å². The molecule has 2 aromatic heterocycles. The maximum atomic E-state index is 14.6. The lowest BCUT2D eigenvalue weighted by atomic mass is 10.0. The number of imidazole rings is 2. The van der Waals surface area contributed by atoms with Crippen molar-refractivity contribution in [2.75, 3.05) is 27.3 Å². The first-order chi connectivity index (χ1) is 30.9. The van der Waals surface area contributed by atoms with Crippen molar-refractivity contribution >= 4 is 24.0 Å². The minimum absolute atomic E-state index is 0.00104. The largest absolute Gasteiger partial charge is 0.453 e. The SMILES string of the molecule is COC(=O)N[C@@H](C(=O)N1CCCC1c1nc(C(F)(F)F)c(-c2ccc(-c3ccc(-c4cnc([C@@H]5CCCN5C(=O)[C@H](NC(=O)OC)c5ccccc5)[nH]4)cc3)cc2)[nH]1)c1ccccc1. The number of likely N-dealkylation sites (tertiary alicyclic amines) is 2. The number of H-pyrrole nitrogens is 2. The maximum absolute atomic E-state index is 14.6. The predicted octanol–water partition coefficient (Wildman–Crippen LogP) is 8.67. The molecule has 0 radical (unpaired) electrons. The zero-order chi connectivity index (χ0) is 45.0. The van der Waals surface area contributed by atoms with Crippen molar-refractivity contribution in [3.8, 4) is 33.6 Å². The molecular weight excluding hydrogens is 830 g/mol. The number of aromatic amines is 2. The van der Waals surface area contributed by atoms with Crippen LogP contribution < -0.4 is 10.6 Å². The number of aromatic nitrogens is 4. The summed E-state index contributed by atoms with van der Waals surface area (Å²) in [6.07, 6.45) is -2.29. The van der Waals surface area contributed by atoms with Gasteiger partial charge in [0.05, 0.1) is 43.9 Å². The molecule has 6 aromatic rings. The van der Waals surface area contributed by atoms with Crippen LogP contribution in [-0.4, -0.2) is 81.0 Å². The van der Waals surface area contributed by atoms with Crippen molar-refractivity contribution in [3.05, 3.63) is 144 Å². The Balaban J connectivity index is 0.982. The number of carbonyl (C=O) groups excluding carboxylic acids is 4. The third-order valence-corrected chi connectivity index (χ3v) is 11.6. The first kappa shape index (κ1) is 43.2. The van der Waals surface area contributed by atoms with Crippen LogP contribution in [0.4, 0.5) is 22.8 Å². The Morgan fingerprint density at radius 3 is 1.56 bits per heavy atom. The predicted molar refractivity (Wildman–Crippen MR) is 229 cm³/mol. The second-order valence-electron chi connectivity index (χ2n) is 15.5. The summed E-state index contributed by atoms with van der Waals surface area (Å²) in [5, 5.41) is 5.24. The number of halogens is 3. The van der Waals surface area contributed by atoms with E-state index < -0.39 is 48.1 Å². The second kappa shape index (κ2) is 18.5. The number of carbonyl (C=O) groups is 4. The zero-order valence-electron chi connectivity index (χ0n) is 34.9. The number of amides is 4. The Bertz CT molecular complexity index is 2600. The molecule has 4 amide bonds. The molecule has 8 rings (SSSR count). The first-order valence-corrected chi connectivity index (χ1v) is 20.8. The summed E-state index contributed by atoms with van der Waals surface area (Å²) in [5.41, 5.74) is 3.23. The lowest BCUT2D eigenvalue weighted by Crippen LogP contribution is -2.42. The van der Waals surface area contributed by atoms with Gasteiger partial charge in [-0.15, -0.1) is 0 Å². The normalized spacial score (nSPS) is 17.1. The van der Waals surface area contributed by atoms with Crippen LogP contribution >= 0.6 is 0 Å². The molecule has 330 valence electrons. The third kappa shape index (κ3) is 9.05. The van der Waals surface area contributed by atoms with Gasteiger partial charge in [0.25, 0.3) is 11.8 Å². The fourth-order valence-electron chi connectivity index (χ4n) is 8.47. The fraction of sp³-hybridized carbons (Fsp3) is 0.277. The van der Waals surface area contributed by atoms with Crippen molar-refractivity contribution in [3.63, 3.8) is 0 Å². The monoisotopic (exact) mass is 874 g/mol. The number of alkyl halides is 3. The number of alkyl carbamates (subject to hydrolysis) is 2. The highest BCUT2D eigenvalue weighted by molar-refractivity contribution is 5.88. The van der Waals surface area contributed by atoms with Gasteiger partial charge >= 0.3 is 18.4 Å². The Morgan fingerprint density at radius 2 is 1.09 bits per heavy atom. The minimum Gasteiger partial charge on any atom is -0.453 e. The van der Waals surface area contributed by atoms with Crippen molar-refractivity contribution in [2.45, 2.75) is 56.0 Å². The quantitative estimate of drug-likeness (QED) is 0.100. The molecule has 4 atom stereocenters. The molecule has 4 aromatic carbocycles. The van der Waals surface area contributed by atoms with E-state index in [1.54, 1.807) is 90.0 Å². The summed E-state index contributed by atoms with van der Waals surface area (Å²) in [6.45, 7) is 0.751. The van der Waals surface area contributed by atoms with E-state index in [2.05, 4.69) is 30.6 Å². The summed E-state index contributed by atoms with van der Waals surface area (Å²) in [7, 11) is 2.43. The van der Waals surface area contributed by atoms with Crippen LogP contribution in [0.25, 0.3) is 33.6 Å². The molecule has 4 N–H and O–H groups in total. The lowest BCUT2D eigenvalue weighted by molar-refractivity contribution is -0.140. The Labute approximate surface area is 366 Å². The van der Waals surface area contributed by atoms with Gasteiger partial charge in [-0.05, 0) is 53.5 Å². The molecule has 17 heteroatoms. The van der Waals surface area contributed by atoms with E-state index in [1.165, 1.54) is 19.1 Å². The Morgan fingerprint density at radius 1 is 0.641 bits per heavy atom. The summed E-state index contributed by atoms with van der Waals surface area (Å²) in [6, 6.07) is 28.6. The zero-order valence-corrected chi connectivity index (χ0v) is 34.9. The molecule has 0 spiro atoms.